The van der Waals surface area contributed by atoms with Crippen LogP contribution in [-0.4, -0.2) is 4.98 Å². The standard InChI is InChI=1S/C13H11ClF2N2/c1-8-2-3-10(17-6-8)7-18-13-11(14)4-9(15)5-12(13)16/h2-6,18H,7H2,1H3. The second-order valence-electron chi connectivity index (χ2n) is 3.92. The van der Waals surface area contributed by atoms with E-state index in [4.69, 9.17) is 11.6 Å². The van der Waals surface area contributed by atoms with Crippen molar-refractivity contribution in [1.82, 2.24) is 4.98 Å². The fourth-order valence-corrected chi connectivity index (χ4v) is 1.75. The van der Waals surface area contributed by atoms with E-state index in [2.05, 4.69) is 10.3 Å². The van der Waals surface area contributed by atoms with Crippen molar-refractivity contribution in [3.63, 3.8) is 0 Å². The molecular weight excluding hydrogens is 258 g/mol. The molecule has 0 amide bonds. The summed E-state index contributed by atoms with van der Waals surface area (Å²) >= 11 is 5.76. The van der Waals surface area contributed by atoms with Gasteiger partial charge in [-0.3, -0.25) is 4.98 Å². The Hall–Kier alpha value is -1.68. The summed E-state index contributed by atoms with van der Waals surface area (Å²) in [4.78, 5) is 4.17. The van der Waals surface area contributed by atoms with Gasteiger partial charge in [0.15, 0.2) is 5.82 Å². The van der Waals surface area contributed by atoms with Crippen LogP contribution in [0.3, 0.4) is 0 Å². The number of hydrogen-bond acceptors (Lipinski definition) is 2. The Balaban J connectivity index is 2.13. The van der Waals surface area contributed by atoms with Crippen LogP contribution in [0.4, 0.5) is 14.5 Å². The van der Waals surface area contributed by atoms with Gasteiger partial charge in [-0.1, -0.05) is 17.7 Å². The molecule has 0 bridgehead atoms. The minimum Gasteiger partial charge on any atom is -0.376 e. The molecule has 0 saturated carbocycles. The van der Waals surface area contributed by atoms with Crippen molar-refractivity contribution >= 4 is 17.3 Å². The summed E-state index contributed by atoms with van der Waals surface area (Å²) in [7, 11) is 0. The molecule has 0 atom stereocenters. The highest BCUT2D eigenvalue weighted by atomic mass is 35.5. The zero-order chi connectivity index (χ0) is 13.1. The van der Waals surface area contributed by atoms with Crippen molar-refractivity contribution in [2.75, 3.05) is 5.32 Å². The first-order valence-corrected chi connectivity index (χ1v) is 5.74. The van der Waals surface area contributed by atoms with Crippen molar-refractivity contribution in [1.29, 1.82) is 0 Å². The van der Waals surface area contributed by atoms with Crippen molar-refractivity contribution in [2.45, 2.75) is 13.5 Å². The fraction of sp³-hybridized carbons (Fsp3) is 0.154. The second kappa shape index (κ2) is 5.31. The molecule has 0 unspecified atom stereocenters. The highest BCUT2D eigenvalue weighted by Gasteiger charge is 2.09. The molecule has 0 spiro atoms. The van der Waals surface area contributed by atoms with Gasteiger partial charge in [-0.25, -0.2) is 8.78 Å². The van der Waals surface area contributed by atoms with Crippen LogP contribution in [0, 0.1) is 18.6 Å². The molecule has 2 nitrogen and oxygen atoms in total. The summed E-state index contributed by atoms with van der Waals surface area (Å²) in [6.07, 6.45) is 1.72. The molecule has 2 rings (SSSR count). The number of anilines is 1. The topological polar surface area (TPSA) is 24.9 Å². The molecule has 18 heavy (non-hydrogen) atoms. The third-order valence-electron chi connectivity index (χ3n) is 2.43. The van der Waals surface area contributed by atoms with Gasteiger partial charge < -0.3 is 5.32 Å². The van der Waals surface area contributed by atoms with Gasteiger partial charge in [0.05, 0.1) is 22.9 Å². The van der Waals surface area contributed by atoms with E-state index in [9.17, 15) is 8.78 Å². The van der Waals surface area contributed by atoms with E-state index >= 15 is 0 Å². The molecule has 1 aromatic carbocycles. The van der Waals surface area contributed by atoms with Crippen LogP contribution in [-0.2, 0) is 6.54 Å². The molecule has 5 heteroatoms. The van der Waals surface area contributed by atoms with Gasteiger partial charge in [0, 0.05) is 12.3 Å². The molecule has 1 heterocycles. The summed E-state index contributed by atoms with van der Waals surface area (Å²) in [5.41, 5.74) is 1.88. The van der Waals surface area contributed by atoms with Crippen LogP contribution >= 0.6 is 11.6 Å². The quantitative estimate of drug-likeness (QED) is 0.912. The van der Waals surface area contributed by atoms with Gasteiger partial charge in [0.2, 0.25) is 0 Å². The molecule has 0 saturated heterocycles. The van der Waals surface area contributed by atoms with E-state index in [1.54, 1.807) is 6.20 Å². The summed E-state index contributed by atoms with van der Waals surface area (Å²) in [5, 5.41) is 2.82. The second-order valence-corrected chi connectivity index (χ2v) is 4.33. The van der Waals surface area contributed by atoms with E-state index in [1.165, 1.54) is 0 Å². The minimum absolute atomic E-state index is 0.0135. The van der Waals surface area contributed by atoms with E-state index in [0.29, 0.717) is 6.54 Å². The highest BCUT2D eigenvalue weighted by molar-refractivity contribution is 6.33. The Labute approximate surface area is 109 Å². The van der Waals surface area contributed by atoms with Crippen LogP contribution in [0.15, 0.2) is 30.5 Å². The third-order valence-corrected chi connectivity index (χ3v) is 2.72. The molecule has 2 aromatic rings. The summed E-state index contributed by atoms with van der Waals surface area (Å²) < 4.78 is 26.3. The van der Waals surface area contributed by atoms with Crippen LogP contribution < -0.4 is 5.32 Å². The lowest BCUT2D eigenvalue weighted by Gasteiger charge is -2.09. The van der Waals surface area contributed by atoms with E-state index < -0.39 is 11.6 Å². The molecule has 0 fully saturated rings. The monoisotopic (exact) mass is 268 g/mol. The number of rotatable bonds is 3. The molecular formula is C13H11ClF2N2. The number of halogens is 3. The summed E-state index contributed by atoms with van der Waals surface area (Å²) in [6, 6.07) is 5.59. The predicted octanol–water partition coefficient (Wildman–Crippen LogP) is 3.93. The van der Waals surface area contributed by atoms with Crippen LogP contribution in [0.25, 0.3) is 0 Å². The van der Waals surface area contributed by atoms with Gasteiger partial charge in [-0.05, 0) is 24.6 Å². The van der Waals surface area contributed by atoms with Crippen LogP contribution in [0.5, 0.6) is 0 Å². The number of hydrogen-bond donors (Lipinski definition) is 1. The Morgan fingerprint density at radius 2 is 2.06 bits per heavy atom. The lowest BCUT2D eigenvalue weighted by atomic mass is 10.2. The SMILES string of the molecule is Cc1ccc(CNc2c(F)cc(F)cc2Cl)nc1. The Bertz CT molecular complexity index is 532. The summed E-state index contributed by atoms with van der Waals surface area (Å²) in [5.74, 6) is -1.41. The Kier molecular flexibility index (Phi) is 3.77. The summed E-state index contributed by atoms with van der Waals surface area (Å²) in [6.45, 7) is 2.25. The maximum absolute atomic E-state index is 13.5. The molecule has 0 radical (unpaired) electrons. The largest absolute Gasteiger partial charge is 0.376 e. The predicted molar refractivity (Wildman–Crippen MR) is 67.7 cm³/mol. The first-order valence-electron chi connectivity index (χ1n) is 5.36. The van der Waals surface area contributed by atoms with E-state index in [1.807, 2.05) is 19.1 Å². The van der Waals surface area contributed by atoms with Crippen molar-refractivity contribution in [3.8, 4) is 0 Å². The van der Waals surface area contributed by atoms with E-state index in [0.717, 1.165) is 23.4 Å². The van der Waals surface area contributed by atoms with Crippen LogP contribution in [0.1, 0.15) is 11.3 Å². The zero-order valence-corrected chi connectivity index (χ0v) is 10.4. The molecule has 1 N–H and O–H groups in total. The molecule has 0 aliphatic heterocycles. The lowest BCUT2D eigenvalue weighted by Crippen LogP contribution is -2.04. The van der Waals surface area contributed by atoms with Crippen LogP contribution in [0.2, 0.25) is 5.02 Å². The molecule has 1 aromatic heterocycles. The average Bonchev–Trinajstić information content (AvgIpc) is 2.30. The minimum atomic E-state index is -0.716. The fourth-order valence-electron chi connectivity index (χ4n) is 1.49. The average molecular weight is 269 g/mol. The van der Waals surface area contributed by atoms with Crippen molar-refractivity contribution < 1.29 is 8.78 Å². The van der Waals surface area contributed by atoms with Gasteiger partial charge in [0.1, 0.15) is 5.82 Å². The zero-order valence-electron chi connectivity index (χ0n) is 9.67. The normalized spacial score (nSPS) is 10.4. The number of pyridine rings is 1. The first-order chi connectivity index (χ1) is 8.56. The number of nitrogens with one attached hydrogen (secondary N) is 1. The van der Waals surface area contributed by atoms with E-state index in [-0.39, 0.29) is 10.7 Å². The number of aryl methyl sites for hydroxylation is 1. The van der Waals surface area contributed by atoms with Gasteiger partial charge >= 0.3 is 0 Å². The van der Waals surface area contributed by atoms with Crippen molar-refractivity contribution in [3.05, 3.63) is 58.4 Å². The Morgan fingerprint density at radius 1 is 1.28 bits per heavy atom. The maximum Gasteiger partial charge on any atom is 0.150 e. The van der Waals surface area contributed by atoms with Gasteiger partial charge in [-0.2, -0.15) is 0 Å². The lowest BCUT2D eigenvalue weighted by molar-refractivity contribution is 0.585. The number of nitrogens with zero attached hydrogens (tertiary/aromatic N) is 1. The number of benzene rings is 1. The molecule has 0 aliphatic carbocycles. The smallest absolute Gasteiger partial charge is 0.150 e. The third kappa shape index (κ3) is 2.96. The first kappa shape index (κ1) is 12.8. The number of aromatic nitrogens is 1. The van der Waals surface area contributed by atoms with Gasteiger partial charge in [0.25, 0.3) is 0 Å². The maximum atomic E-state index is 13.5. The van der Waals surface area contributed by atoms with Gasteiger partial charge in [-0.15, -0.1) is 0 Å². The molecule has 0 aliphatic rings. The van der Waals surface area contributed by atoms with Crippen molar-refractivity contribution in [2.24, 2.45) is 0 Å². The highest BCUT2D eigenvalue weighted by Crippen LogP contribution is 2.26. The Morgan fingerprint density at radius 3 is 2.67 bits per heavy atom. The molecule has 94 valence electrons.